The van der Waals surface area contributed by atoms with Gasteiger partial charge in [-0.15, -0.1) is 24.0 Å². The van der Waals surface area contributed by atoms with Crippen molar-refractivity contribution in [3.8, 4) is 10.4 Å². The summed E-state index contributed by atoms with van der Waals surface area (Å²) in [5.41, 5.74) is 4.27. The Kier molecular flexibility index (Phi) is 2.38. The lowest BCUT2D eigenvalue weighted by Gasteiger charge is -2.01. The highest BCUT2D eigenvalue weighted by molar-refractivity contribution is 7.80. The molecule has 0 spiro atoms. The molecule has 0 atom stereocenters. The Hall–Kier alpha value is -0.800. The first kappa shape index (κ1) is 8.78. The quantitative estimate of drug-likeness (QED) is 0.707. The molecule has 0 aliphatic heterocycles. The number of benzene rings is 1. The zero-order valence-corrected chi connectivity index (χ0v) is 8.90. The van der Waals surface area contributed by atoms with Crippen LogP contribution < -0.4 is 0 Å². The standard InChI is InChI=1S/C10H9NS2/c1-7-4-8(2-3-9(7)12)10-5-11-6-13-10/h2-6,12H,1H3. The molecule has 3 heteroatoms. The van der Waals surface area contributed by atoms with Crippen LogP contribution in [0, 0.1) is 6.92 Å². The molecule has 2 aromatic rings. The van der Waals surface area contributed by atoms with Crippen LogP contribution in [0.25, 0.3) is 10.4 Å². The molecule has 0 unspecified atom stereocenters. The molecule has 0 amide bonds. The van der Waals surface area contributed by atoms with Crippen LogP contribution >= 0.6 is 24.0 Å². The van der Waals surface area contributed by atoms with Gasteiger partial charge in [0.2, 0.25) is 0 Å². The molecule has 13 heavy (non-hydrogen) atoms. The second kappa shape index (κ2) is 3.52. The highest BCUT2D eigenvalue weighted by Crippen LogP contribution is 2.26. The highest BCUT2D eigenvalue weighted by atomic mass is 32.1. The van der Waals surface area contributed by atoms with Gasteiger partial charge < -0.3 is 0 Å². The van der Waals surface area contributed by atoms with Gasteiger partial charge in [-0.2, -0.15) is 0 Å². The highest BCUT2D eigenvalue weighted by Gasteiger charge is 2.00. The fourth-order valence-electron chi connectivity index (χ4n) is 1.17. The van der Waals surface area contributed by atoms with Gasteiger partial charge in [0.1, 0.15) is 0 Å². The molecule has 0 saturated carbocycles. The van der Waals surface area contributed by atoms with Crippen LogP contribution in [-0.4, -0.2) is 4.98 Å². The first-order chi connectivity index (χ1) is 6.27. The van der Waals surface area contributed by atoms with Gasteiger partial charge in [-0.05, 0) is 30.2 Å². The summed E-state index contributed by atoms with van der Waals surface area (Å²) >= 11 is 5.98. The number of aromatic nitrogens is 1. The van der Waals surface area contributed by atoms with E-state index < -0.39 is 0 Å². The van der Waals surface area contributed by atoms with E-state index in [2.05, 4.69) is 36.7 Å². The lowest BCUT2D eigenvalue weighted by Crippen LogP contribution is -1.78. The molecule has 2 rings (SSSR count). The summed E-state index contributed by atoms with van der Waals surface area (Å²) in [7, 11) is 0. The van der Waals surface area contributed by atoms with Crippen molar-refractivity contribution in [2.24, 2.45) is 0 Å². The Morgan fingerprint density at radius 1 is 1.38 bits per heavy atom. The van der Waals surface area contributed by atoms with Crippen LogP contribution in [0.3, 0.4) is 0 Å². The predicted octanol–water partition coefficient (Wildman–Crippen LogP) is 3.41. The lowest BCUT2D eigenvalue weighted by atomic mass is 10.1. The number of rotatable bonds is 1. The Bertz CT molecular complexity index is 407. The molecule has 66 valence electrons. The summed E-state index contributed by atoms with van der Waals surface area (Å²) in [6, 6.07) is 6.23. The van der Waals surface area contributed by atoms with E-state index in [4.69, 9.17) is 0 Å². The zero-order valence-electron chi connectivity index (χ0n) is 7.19. The molecular formula is C10H9NS2. The molecule has 0 radical (unpaired) electrons. The monoisotopic (exact) mass is 207 g/mol. The number of hydrogen-bond acceptors (Lipinski definition) is 3. The van der Waals surface area contributed by atoms with Crippen molar-refractivity contribution in [2.75, 3.05) is 0 Å². The van der Waals surface area contributed by atoms with E-state index in [1.54, 1.807) is 11.3 Å². The van der Waals surface area contributed by atoms with Gasteiger partial charge in [-0.1, -0.05) is 6.07 Å². The van der Waals surface area contributed by atoms with Crippen LogP contribution in [0.15, 0.2) is 34.8 Å². The maximum atomic E-state index is 4.33. The number of thiol groups is 1. The van der Waals surface area contributed by atoms with Crippen molar-refractivity contribution in [1.82, 2.24) is 4.98 Å². The smallest absolute Gasteiger partial charge is 0.0797 e. The molecule has 0 fully saturated rings. The summed E-state index contributed by atoms with van der Waals surface area (Å²) < 4.78 is 0. The number of nitrogens with zero attached hydrogens (tertiary/aromatic N) is 1. The van der Waals surface area contributed by atoms with Crippen molar-refractivity contribution >= 4 is 24.0 Å². The first-order valence-corrected chi connectivity index (χ1v) is 5.28. The molecule has 0 bridgehead atoms. The number of thiazole rings is 1. The van der Waals surface area contributed by atoms with Gasteiger partial charge in [0, 0.05) is 11.1 Å². The summed E-state index contributed by atoms with van der Waals surface area (Å²) in [6.07, 6.45) is 1.89. The Morgan fingerprint density at radius 2 is 2.23 bits per heavy atom. The minimum Gasteiger partial charge on any atom is -0.252 e. The summed E-state index contributed by atoms with van der Waals surface area (Å²) in [5.74, 6) is 0. The molecular weight excluding hydrogens is 198 g/mol. The largest absolute Gasteiger partial charge is 0.252 e. The van der Waals surface area contributed by atoms with Crippen molar-refractivity contribution in [3.05, 3.63) is 35.5 Å². The second-order valence-electron chi connectivity index (χ2n) is 2.87. The molecule has 1 aromatic heterocycles. The van der Waals surface area contributed by atoms with Crippen LogP contribution in [-0.2, 0) is 0 Å². The van der Waals surface area contributed by atoms with E-state index in [0.29, 0.717) is 0 Å². The maximum Gasteiger partial charge on any atom is 0.0797 e. The Labute approximate surface area is 86.9 Å². The van der Waals surface area contributed by atoms with Gasteiger partial charge in [0.05, 0.1) is 10.4 Å². The van der Waals surface area contributed by atoms with Crippen LogP contribution in [0.1, 0.15) is 5.56 Å². The van der Waals surface area contributed by atoms with Gasteiger partial charge >= 0.3 is 0 Å². The van der Waals surface area contributed by atoms with Crippen molar-refractivity contribution in [3.63, 3.8) is 0 Å². The van der Waals surface area contributed by atoms with Crippen molar-refractivity contribution in [1.29, 1.82) is 0 Å². The van der Waals surface area contributed by atoms with E-state index in [9.17, 15) is 0 Å². The summed E-state index contributed by atoms with van der Waals surface area (Å²) in [6.45, 7) is 2.06. The van der Waals surface area contributed by atoms with Crippen molar-refractivity contribution < 1.29 is 0 Å². The van der Waals surface area contributed by atoms with Gasteiger partial charge in [-0.3, -0.25) is 4.98 Å². The maximum absolute atomic E-state index is 4.33. The molecule has 1 aromatic carbocycles. The molecule has 1 nitrogen and oxygen atoms in total. The van der Waals surface area contributed by atoms with Gasteiger partial charge in [0.15, 0.2) is 0 Å². The average molecular weight is 207 g/mol. The summed E-state index contributed by atoms with van der Waals surface area (Å²) in [4.78, 5) is 6.29. The van der Waals surface area contributed by atoms with Crippen LogP contribution in [0.2, 0.25) is 0 Å². The lowest BCUT2D eigenvalue weighted by molar-refractivity contribution is 1.31. The molecule has 0 saturated heterocycles. The van der Waals surface area contributed by atoms with Gasteiger partial charge in [0.25, 0.3) is 0 Å². The average Bonchev–Trinajstić information content (AvgIpc) is 2.62. The summed E-state index contributed by atoms with van der Waals surface area (Å²) in [5, 5.41) is 0. The van der Waals surface area contributed by atoms with E-state index in [-0.39, 0.29) is 0 Å². The predicted molar refractivity (Wildman–Crippen MR) is 59.5 cm³/mol. The third-order valence-electron chi connectivity index (χ3n) is 1.91. The second-order valence-corrected chi connectivity index (χ2v) is 4.24. The number of hydrogen-bond donors (Lipinski definition) is 1. The minimum absolute atomic E-state index is 1.04. The fraction of sp³-hybridized carbons (Fsp3) is 0.100. The Balaban J connectivity index is 2.49. The van der Waals surface area contributed by atoms with Gasteiger partial charge in [-0.25, -0.2) is 0 Å². The molecule has 0 aliphatic rings. The van der Waals surface area contributed by atoms with Crippen LogP contribution in [0.4, 0.5) is 0 Å². The Morgan fingerprint density at radius 3 is 2.85 bits per heavy atom. The van der Waals surface area contributed by atoms with E-state index >= 15 is 0 Å². The van der Waals surface area contributed by atoms with E-state index in [1.165, 1.54) is 16.0 Å². The zero-order chi connectivity index (χ0) is 9.26. The minimum atomic E-state index is 1.04. The van der Waals surface area contributed by atoms with E-state index in [1.807, 2.05) is 17.8 Å². The SMILES string of the molecule is Cc1cc(-c2cncs2)ccc1S. The van der Waals surface area contributed by atoms with Crippen LogP contribution in [0.5, 0.6) is 0 Å². The number of aryl methyl sites for hydroxylation is 1. The third-order valence-corrected chi connectivity index (χ3v) is 3.24. The topological polar surface area (TPSA) is 12.9 Å². The van der Waals surface area contributed by atoms with Crippen molar-refractivity contribution in [2.45, 2.75) is 11.8 Å². The van der Waals surface area contributed by atoms with E-state index in [0.717, 1.165) is 4.90 Å². The normalized spacial score (nSPS) is 10.3. The molecule has 0 N–H and O–H groups in total. The fourth-order valence-corrected chi connectivity index (χ4v) is 1.93. The first-order valence-electron chi connectivity index (χ1n) is 3.96. The third kappa shape index (κ3) is 1.76. The molecule has 0 aliphatic carbocycles. The molecule has 1 heterocycles.